The third kappa shape index (κ3) is 2.03. The van der Waals surface area contributed by atoms with E-state index in [1.165, 1.54) is 0 Å². The molecule has 1 unspecified atom stereocenters. The summed E-state index contributed by atoms with van der Waals surface area (Å²) in [5.74, 6) is -1.90. The predicted octanol–water partition coefficient (Wildman–Crippen LogP) is 0.867. The molecule has 1 saturated carbocycles. The minimum atomic E-state index is -2.06. The van der Waals surface area contributed by atoms with Gasteiger partial charge in [-0.05, 0) is 19.8 Å². The molecule has 1 atom stereocenters. The Kier molecular flexibility index (Phi) is 2.78. The highest BCUT2D eigenvalue weighted by Gasteiger charge is 2.39. The summed E-state index contributed by atoms with van der Waals surface area (Å²) >= 11 is 0. The molecule has 0 aromatic carbocycles. The molecule has 1 aliphatic carbocycles. The second kappa shape index (κ2) is 3.65. The Morgan fingerprint density at radius 2 is 2.17 bits per heavy atom. The molecule has 0 bridgehead atoms. The van der Waals surface area contributed by atoms with Gasteiger partial charge >= 0.3 is 5.97 Å². The van der Waals surface area contributed by atoms with Gasteiger partial charge in [-0.25, -0.2) is 9.18 Å². The summed E-state index contributed by atoms with van der Waals surface area (Å²) < 4.78 is 17.2. The van der Waals surface area contributed by atoms with Gasteiger partial charge in [0.15, 0.2) is 5.78 Å². The lowest BCUT2D eigenvalue weighted by Gasteiger charge is -2.04. The highest BCUT2D eigenvalue weighted by molar-refractivity contribution is 6.03. The van der Waals surface area contributed by atoms with Gasteiger partial charge in [0, 0.05) is 5.92 Å². The predicted molar refractivity (Wildman–Crippen MR) is 39.3 cm³/mol. The Bertz CT molecular complexity index is 198. The molecule has 12 heavy (non-hydrogen) atoms. The van der Waals surface area contributed by atoms with Gasteiger partial charge in [-0.1, -0.05) is 0 Å². The Labute approximate surface area is 69.9 Å². The van der Waals surface area contributed by atoms with Crippen LogP contribution < -0.4 is 0 Å². The van der Waals surface area contributed by atoms with Gasteiger partial charge in [-0.2, -0.15) is 0 Å². The smallest absolute Gasteiger partial charge is 0.348 e. The van der Waals surface area contributed by atoms with E-state index in [1.807, 2.05) is 0 Å². The summed E-state index contributed by atoms with van der Waals surface area (Å²) in [4.78, 5) is 21.6. The number of carbonyl (C=O) groups excluding carboxylic acids is 2. The Morgan fingerprint density at radius 3 is 2.58 bits per heavy atom. The van der Waals surface area contributed by atoms with Crippen molar-refractivity contribution in [3.63, 3.8) is 0 Å². The number of halogens is 1. The third-order valence-electron chi connectivity index (χ3n) is 1.72. The van der Waals surface area contributed by atoms with Crippen molar-refractivity contribution in [2.75, 3.05) is 6.61 Å². The Morgan fingerprint density at radius 1 is 1.58 bits per heavy atom. The second-order valence-corrected chi connectivity index (χ2v) is 2.79. The summed E-state index contributed by atoms with van der Waals surface area (Å²) in [5.41, 5.74) is 0. The zero-order valence-electron chi connectivity index (χ0n) is 6.88. The van der Waals surface area contributed by atoms with E-state index in [4.69, 9.17) is 0 Å². The lowest BCUT2D eigenvalue weighted by Crippen LogP contribution is -2.28. The lowest BCUT2D eigenvalue weighted by atomic mass is 10.2. The summed E-state index contributed by atoms with van der Waals surface area (Å²) in [6, 6.07) is 0. The molecule has 0 saturated heterocycles. The molecular weight excluding hydrogens is 163 g/mol. The van der Waals surface area contributed by atoms with Gasteiger partial charge in [-0.3, -0.25) is 4.79 Å². The Balaban J connectivity index is 2.39. The topological polar surface area (TPSA) is 43.4 Å². The van der Waals surface area contributed by atoms with Crippen LogP contribution in [0, 0.1) is 5.92 Å². The van der Waals surface area contributed by atoms with E-state index in [2.05, 4.69) is 4.74 Å². The molecule has 0 amide bonds. The molecule has 3 nitrogen and oxygen atoms in total. The van der Waals surface area contributed by atoms with E-state index in [9.17, 15) is 14.0 Å². The number of carbonyl (C=O) groups is 2. The number of hydrogen-bond acceptors (Lipinski definition) is 3. The first-order valence-corrected chi connectivity index (χ1v) is 4.01. The summed E-state index contributed by atoms with van der Waals surface area (Å²) in [5, 5.41) is 0. The molecule has 0 aromatic rings. The van der Waals surface area contributed by atoms with Crippen LogP contribution in [0.25, 0.3) is 0 Å². The normalized spacial score (nSPS) is 18.5. The number of ether oxygens (including phenoxy) is 1. The minimum absolute atomic E-state index is 0.108. The van der Waals surface area contributed by atoms with Gasteiger partial charge in [0.1, 0.15) is 0 Å². The number of ketones is 1. The number of rotatable bonds is 4. The number of hydrogen-bond donors (Lipinski definition) is 0. The summed E-state index contributed by atoms with van der Waals surface area (Å²) in [6.45, 7) is 1.68. The molecule has 0 heterocycles. The van der Waals surface area contributed by atoms with E-state index < -0.39 is 17.9 Å². The SMILES string of the molecule is CCOC(=O)C(F)C(=O)C1CC1. The van der Waals surface area contributed by atoms with Crippen LogP contribution in [0.3, 0.4) is 0 Å². The first kappa shape index (κ1) is 9.16. The van der Waals surface area contributed by atoms with E-state index in [0.29, 0.717) is 12.8 Å². The first-order valence-electron chi connectivity index (χ1n) is 4.01. The number of esters is 1. The van der Waals surface area contributed by atoms with Crippen LogP contribution in [-0.4, -0.2) is 24.5 Å². The van der Waals surface area contributed by atoms with Gasteiger partial charge < -0.3 is 4.74 Å². The van der Waals surface area contributed by atoms with E-state index in [1.54, 1.807) is 6.92 Å². The number of alkyl halides is 1. The minimum Gasteiger partial charge on any atom is -0.463 e. The van der Waals surface area contributed by atoms with Crippen molar-refractivity contribution in [1.82, 2.24) is 0 Å². The van der Waals surface area contributed by atoms with Crippen LogP contribution in [0.4, 0.5) is 4.39 Å². The summed E-state index contributed by atoms with van der Waals surface area (Å²) in [6.07, 6.45) is -0.644. The molecular formula is C8H11FO3. The summed E-state index contributed by atoms with van der Waals surface area (Å²) in [7, 11) is 0. The zero-order valence-corrected chi connectivity index (χ0v) is 6.88. The molecule has 0 aromatic heterocycles. The van der Waals surface area contributed by atoms with E-state index >= 15 is 0 Å². The Hall–Kier alpha value is -0.930. The van der Waals surface area contributed by atoms with Gasteiger partial charge in [0.05, 0.1) is 6.61 Å². The highest BCUT2D eigenvalue weighted by Crippen LogP contribution is 2.31. The molecule has 0 spiro atoms. The second-order valence-electron chi connectivity index (χ2n) is 2.79. The first-order chi connectivity index (χ1) is 5.66. The fraction of sp³-hybridized carbons (Fsp3) is 0.750. The maximum absolute atomic E-state index is 12.8. The van der Waals surface area contributed by atoms with Crippen LogP contribution in [-0.2, 0) is 14.3 Å². The van der Waals surface area contributed by atoms with Crippen molar-refractivity contribution in [3.8, 4) is 0 Å². The van der Waals surface area contributed by atoms with Gasteiger partial charge in [0.25, 0.3) is 6.17 Å². The number of Topliss-reactive ketones (excluding diaryl/α,β-unsaturated/α-hetero) is 1. The van der Waals surface area contributed by atoms with Crippen molar-refractivity contribution in [1.29, 1.82) is 0 Å². The molecule has 1 fully saturated rings. The van der Waals surface area contributed by atoms with Crippen LogP contribution in [0.15, 0.2) is 0 Å². The average molecular weight is 174 g/mol. The monoisotopic (exact) mass is 174 g/mol. The average Bonchev–Trinajstić information content (AvgIpc) is 2.84. The standard InChI is InChI=1S/C8H11FO3/c1-2-12-8(11)6(9)7(10)5-3-4-5/h5-6H,2-4H2,1H3. The van der Waals surface area contributed by atoms with E-state index in [0.717, 1.165) is 0 Å². The fourth-order valence-electron chi connectivity index (χ4n) is 0.906. The maximum atomic E-state index is 12.8. The van der Waals surface area contributed by atoms with Gasteiger partial charge in [-0.15, -0.1) is 0 Å². The fourth-order valence-corrected chi connectivity index (χ4v) is 0.906. The van der Waals surface area contributed by atoms with E-state index in [-0.39, 0.29) is 12.5 Å². The maximum Gasteiger partial charge on any atom is 0.348 e. The van der Waals surface area contributed by atoms with Crippen molar-refractivity contribution >= 4 is 11.8 Å². The molecule has 0 aliphatic heterocycles. The van der Waals surface area contributed by atoms with Crippen LogP contribution in [0.5, 0.6) is 0 Å². The molecule has 1 aliphatic rings. The zero-order chi connectivity index (χ0) is 9.14. The molecule has 68 valence electrons. The highest BCUT2D eigenvalue weighted by atomic mass is 19.1. The van der Waals surface area contributed by atoms with Crippen LogP contribution in [0.2, 0.25) is 0 Å². The quantitative estimate of drug-likeness (QED) is 0.469. The molecule has 0 N–H and O–H groups in total. The van der Waals surface area contributed by atoms with Crippen molar-refractivity contribution in [3.05, 3.63) is 0 Å². The van der Waals surface area contributed by atoms with Crippen LogP contribution >= 0.6 is 0 Å². The van der Waals surface area contributed by atoms with Crippen LogP contribution in [0.1, 0.15) is 19.8 Å². The van der Waals surface area contributed by atoms with Gasteiger partial charge in [0.2, 0.25) is 0 Å². The van der Waals surface area contributed by atoms with Crippen molar-refractivity contribution < 1.29 is 18.7 Å². The van der Waals surface area contributed by atoms with Crippen molar-refractivity contribution in [2.45, 2.75) is 25.9 Å². The van der Waals surface area contributed by atoms with Crippen molar-refractivity contribution in [2.24, 2.45) is 5.92 Å². The lowest BCUT2D eigenvalue weighted by molar-refractivity contribution is -0.153. The third-order valence-corrected chi connectivity index (χ3v) is 1.72. The largest absolute Gasteiger partial charge is 0.463 e. The molecule has 4 heteroatoms. The molecule has 1 rings (SSSR count). The molecule has 0 radical (unpaired) electrons.